The van der Waals surface area contributed by atoms with Crippen molar-refractivity contribution in [1.82, 2.24) is 4.72 Å². The van der Waals surface area contributed by atoms with Crippen LogP contribution < -0.4 is 10.0 Å². The highest BCUT2D eigenvalue weighted by Crippen LogP contribution is 2.47. The molecule has 0 aliphatic heterocycles. The maximum Gasteiger partial charge on any atom is 0.331 e. The molecule has 1 aromatic heterocycles. The first-order valence-electron chi connectivity index (χ1n) is 10.9. The van der Waals surface area contributed by atoms with Crippen molar-refractivity contribution in [3.63, 3.8) is 0 Å². The average Bonchev–Trinajstić information content (AvgIpc) is 3.50. The Morgan fingerprint density at radius 2 is 1.70 bits per heavy atom. The summed E-state index contributed by atoms with van der Waals surface area (Å²) in [5.74, 6) is 1.04. The standard InChI is InChI=1S/C23H24N2O4S/c26-21-14-7-8-15(10-14)22-18(21)11-19(29-22)30(28)25-23(27)24-20-16-5-1-3-12(16)9-13-4-2-6-17(13)20/h9,11,14-15H,1-8,10H2,(H2,24,25,27). The number of urea groups is 1. The number of nitrogens with one attached hydrogen (secondary N) is 2. The third kappa shape index (κ3) is 2.78. The SMILES string of the molecule is O=C(Nc1c2c(cc3c1CCC3)CCC2)NS(=O)c1cc2c(o1)C1CCC(C1)C2=O. The van der Waals surface area contributed by atoms with E-state index >= 15 is 0 Å². The van der Waals surface area contributed by atoms with Crippen molar-refractivity contribution in [1.29, 1.82) is 0 Å². The molecule has 4 aliphatic carbocycles. The van der Waals surface area contributed by atoms with Crippen molar-refractivity contribution in [3.05, 3.63) is 45.7 Å². The molecule has 1 fully saturated rings. The lowest BCUT2D eigenvalue weighted by Crippen LogP contribution is -2.31. The Balaban J connectivity index is 1.22. The summed E-state index contributed by atoms with van der Waals surface area (Å²) >= 11 is 0. The lowest BCUT2D eigenvalue weighted by molar-refractivity contribution is 0.0910. The number of fused-ring (bicyclic) bond motifs is 6. The second kappa shape index (κ2) is 6.80. The smallest absolute Gasteiger partial charge is 0.331 e. The van der Waals surface area contributed by atoms with Gasteiger partial charge in [0.2, 0.25) is 5.09 Å². The summed E-state index contributed by atoms with van der Waals surface area (Å²) in [6, 6.07) is 3.38. The van der Waals surface area contributed by atoms with Crippen LogP contribution in [-0.2, 0) is 36.7 Å². The largest absolute Gasteiger partial charge is 0.449 e. The number of Topliss-reactive ketones (excluding diaryl/α,β-unsaturated/α-hetero) is 1. The van der Waals surface area contributed by atoms with E-state index in [1.54, 1.807) is 6.07 Å². The fourth-order valence-corrected chi connectivity index (χ4v) is 6.60. The molecule has 1 saturated carbocycles. The van der Waals surface area contributed by atoms with E-state index in [1.165, 1.54) is 22.3 Å². The summed E-state index contributed by atoms with van der Waals surface area (Å²) in [4.78, 5) is 25.2. The van der Waals surface area contributed by atoms with Crippen molar-refractivity contribution in [3.8, 4) is 0 Å². The Labute approximate surface area is 177 Å². The summed E-state index contributed by atoms with van der Waals surface area (Å²) in [7, 11) is -1.85. The zero-order valence-electron chi connectivity index (χ0n) is 16.7. The van der Waals surface area contributed by atoms with Crippen molar-refractivity contribution in [2.45, 2.75) is 68.8 Å². The molecule has 7 heteroatoms. The van der Waals surface area contributed by atoms with Gasteiger partial charge in [-0.05, 0) is 80.0 Å². The van der Waals surface area contributed by atoms with Crippen molar-refractivity contribution in [2.75, 3.05) is 5.32 Å². The number of carbonyl (C=O) groups excluding carboxylic acids is 2. The first kappa shape index (κ1) is 18.4. The van der Waals surface area contributed by atoms with Crippen LogP contribution in [0.15, 0.2) is 21.6 Å². The predicted molar refractivity (Wildman–Crippen MR) is 112 cm³/mol. The lowest BCUT2D eigenvalue weighted by atomic mass is 9.87. The fraction of sp³-hybridized carbons (Fsp3) is 0.478. The van der Waals surface area contributed by atoms with Crippen molar-refractivity contribution in [2.24, 2.45) is 5.92 Å². The van der Waals surface area contributed by atoms with Gasteiger partial charge in [0, 0.05) is 23.6 Å². The molecule has 6 rings (SSSR count). The Morgan fingerprint density at radius 1 is 1.00 bits per heavy atom. The van der Waals surface area contributed by atoms with E-state index in [2.05, 4.69) is 16.1 Å². The van der Waals surface area contributed by atoms with Crippen LogP contribution in [0.25, 0.3) is 0 Å². The van der Waals surface area contributed by atoms with Crippen LogP contribution in [-0.4, -0.2) is 16.0 Å². The molecule has 2 aromatic rings. The normalized spacial score (nSPS) is 24.3. The summed E-state index contributed by atoms with van der Waals surface area (Å²) in [5.41, 5.74) is 6.59. The second-order valence-corrected chi connectivity index (χ2v) is 10.1. The monoisotopic (exact) mass is 424 g/mol. The number of anilines is 1. The van der Waals surface area contributed by atoms with E-state index in [4.69, 9.17) is 4.42 Å². The van der Waals surface area contributed by atoms with Crippen LogP contribution in [0.2, 0.25) is 0 Å². The fourth-order valence-electron chi connectivity index (χ4n) is 5.89. The van der Waals surface area contributed by atoms with Crippen molar-refractivity contribution >= 4 is 28.5 Å². The Hall–Kier alpha value is -2.41. The number of furan rings is 1. The highest BCUT2D eigenvalue weighted by atomic mass is 32.2. The van der Waals surface area contributed by atoms with Gasteiger partial charge in [-0.2, -0.15) is 0 Å². The molecule has 0 spiro atoms. The molecular formula is C23H24N2O4S. The van der Waals surface area contributed by atoms with Gasteiger partial charge in [0.15, 0.2) is 16.8 Å². The van der Waals surface area contributed by atoms with Crippen LogP contribution in [0.1, 0.15) is 76.4 Å². The first-order chi connectivity index (χ1) is 14.6. The Morgan fingerprint density at radius 3 is 2.43 bits per heavy atom. The number of ketones is 1. The number of rotatable bonds is 3. The molecule has 1 heterocycles. The minimum Gasteiger partial charge on any atom is -0.449 e. The van der Waals surface area contributed by atoms with E-state index in [0.717, 1.165) is 63.5 Å². The van der Waals surface area contributed by atoms with Crippen LogP contribution in [0, 0.1) is 5.92 Å². The van der Waals surface area contributed by atoms with Gasteiger partial charge < -0.3 is 9.73 Å². The number of aryl methyl sites for hydroxylation is 2. The number of carbonyl (C=O) groups is 2. The van der Waals surface area contributed by atoms with Gasteiger partial charge in [-0.1, -0.05) is 6.07 Å². The zero-order valence-corrected chi connectivity index (χ0v) is 17.5. The van der Waals surface area contributed by atoms with Gasteiger partial charge in [0.1, 0.15) is 5.76 Å². The van der Waals surface area contributed by atoms with Crippen LogP contribution in [0.4, 0.5) is 10.5 Å². The summed E-state index contributed by atoms with van der Waals surface area (Å²) in [6.07, 6.45) is 8.91. The molecule has 4 aliphatic rings. The van der Waals surface area contributed by atoms with E-state index < -0.39 is 17.0 Å². The summed E-state index contributed by atoms with van der Waals surface area (Å²) in [6.45, 7) is 0. The van der Waals surface area contributed by atoms with Crippen LogP contribution in [0.5, 0.6) is 0 Å². The number of benzene rings is 1. The Kier molecular flexibility index (Phi) is 4.17. The lowest BCUT2D eigenvalue weighted by Gasteiger charge is -2.16. The minimum absolute atomic E-state index is 0.0694. The van der Waals surface area contributed by atoms with Crippen LogP contribution in [0.3, 0.4) is 0 Å². The molecule has 2 bridgehead atoms. The quantitative estimate of drug-likeness (QED) is 0.774. The average molecular weight is 425 g/mol. The highest BCUT2D eigenvalue weighted by Gasteiger charge is 2.42. The topological polar surface area (TPSA) is 88.4 Å². The molecule has 0 saturated heterocycles. The summed E-state index contributed by atoms with van der Waals surface area (Å²) < 4.78 is 21.1. The van der Waals surface area contributed by atoms with Crippen molar-refractivity contribution < 1.29 is 18.2 Å². The molecule has 0 radical (unpaired) electrons. The molecule has 2 amide bonds. The number of hydrogen-bond acceptors (Lipinski definition) is 4. The number of hydrogen-bond donors (Lipinski definition) is 2. The first-order valence-corrected chi connectivity index (χ1v) is 12.1. The highest BCUT2D eigenvalue weighted by molar-refractivity contribution is 7.83. The van der Waals surface area contributed by atoms with E-state index in [-0.39, 0.29) is 22.7 Å². The van der Waals surface area contributed by atoms with Gasteiger partial charge in [0.05, 0.1) is 5.56 Å². The molecule has 3 atom stereocenters. The molecule has 6 nitrogen and oxygen atoms in total. The van der Waals surface area contributed by atoms with Gasteiger partial charge >= 0.3 is 6.03 Å². The third-order valence-electron chi connectivity index (χ3n) is 7.26. The third-order valence-corrected chi connectivity index (χ3v) is 8.19. The number of amides is 2. The molecular weight excluding hydrogens is 400 g/mol. The molecule has 156 valence electrons. The maximum absolute atomic E-state index is 12.8. The van der Waals surface area contributed by atoms with Gasteiger partial charge in [0.25, 0.3) is 0 Å². The molecule has 2 N–H and O–H groups in total. The van der Waals surface area contributed by atoms with Gasteiger partial charge in [-0.3, -0.25) is 4.79 Å². The molecule has 1 aromatic carbocycles. The Bertz CT molecular complexity index is 1090. The van der Waals surface area contributed by atoms with E-state index in [9.17, 15) is 13.8 Å². The van der Waals surface area contributed by atoms with E-state index in [1.807, 2.05) is 0 Å². The van der Waals surface area contributed by atoms with Crippen LogP contribution >= 0.6 is 0 Å². The predicted octanol–water partition coefficient (Wildman–Crippen LogP) is 4.18. The molecule has 3 unspecified atom stereocenters. The maximum atomic E-state index is 12.8. The van der Waals surface area contributed by atoms with Gasteiger partial charge in [-0.15, -0.1) is 0 Å². The van der Waals surface area contributed by atoms with Gasteiger partial charge in [-0.25, -0.2) is 13.7 Å². The minimum atomic E-state index is -1.85. The zero-order chi connectivity index (χ0) is 20.4. The van der Waals surface area contributed by atoms with E-state index in [0.29, 0.717) is 11.3 Å². The molecule has 30 heavy (non-hydrogen) atoms. The second-order valence-electron chi connectivity index (χ2n) is 8.97. The summed E-state index contributed by atoms with van der Waals surface area (Å²) in [5, 5.41) is 3.14.